The molecule has 2 rings (SSSR count). The van der Waals surface area contributed by atoms with E-state index in [1.165, 1.54) is 5.56 Å². The molecule has 0 saturated heterocycles. The molecule has 1 amide bonds. The van der Waals surface area contributed by atoms with Gasteiger partial charge in [0.25, 0.3) is 5.91 Å². The number of likely N-dealkylation sites (N-methyl/N-ethyl adjacent to an activating group) is 1. The van der Waals surface area contributed by atoms with Crippen LogP contribution in [-0.4, -0.2) is 35.4 Å². The van der Waals surface area contributed by atoms with Gasteiger partial charge in [-0.3, -0.25) is 9.78 Å². The van der Waals surface area contributed by atoms with Gasteiger partial charge in [0, 0.05) is 37.6 Å². The molecular weight excluding hydrogens is 262 g/mol. The van der Waals surface area contributed by atoms with E-state index >= 15 is 0 Å². The van der Waals surface area contributed by atoms with Gasteiger partial charge in [-0.25, -0.2) is 0 Å². The van der Waals surface area contributed by atoms with Crippen LogP contribution in [0.3, 0.4) is 0 Å². The normalized spacial score (nSPS) is 12.0. The number of aryl methyl sites for hydroxylation is 1. The summed E-state index contributed by atoms with van der Waals surface area (Å²) in [5.41, 5.74) is 9.39. The molecular formula is C17H21N3O. The quantitative estimate of drug-likeness (QED) is 0.937. The Morgan fingerprint density at radius 2 is 1.90 bits per heavy atom. The van der Waals surface area contributed by atoms with Crippen LogP contribution in [0.2, 0.25) is 0 Å². The Kier molecular flexibility index (Phi) is 4.70. The summed E-state index contributed by atoms with van der Waals surface area (Å²) in [5.74, 6) is -0.0607. The zero-order valence-electron chi connectivity index (χ0n) is 12.7. The lowest BCUT2D eigenvalue weighted by Crippen LogP contribution is -2.39. The standard InChI is InChI=1S/C17H21N3O/c1-12-4-6-14(7-5-12)15-8-16(11-19-10-15)17(21)20(3)13(2)9-18/h4-8,10-11,13H,9,18H2,1-3H3. The highest BCUT2D eigenvalue weighted by molar-refractivity contribution is 5.95. The number of carbonyl (C=O) groups excluding carboxylic acids is 1. The summed E-state index contributed by atoms with van der Waals surface area (Å²) in [7, 11) is 1.76. The Balaban J connectivity index is 2.29. The molecule has 0 fully saturated rings. The maximum atomic E-state index is 12.4. The molecule has 0 aliphatic heterocycles. The summed E-state index contributed by atoms with van der Waals surface area (Å²) < 4.78 is 0. The SMILES string of the molecule is Cc1ccc(-c2cncc(C(=O)N(C)C(C)CN)c2)cc1. The van der Waals surface area contributed by atoms with Crippen molar-refractivity contribution < 1.29 is 4.79 Å². The second-order valence-corrected chi connectivity index (χ2v) is 5.33. The van der Waals surface area contributed by atoms with Gasteiger partial charge in [0.05, 0.1) is 5.56 Å². The highest BCUT2D eigenvalue weighted by atomic mass is 16.2. The van der Waals surface area contributed by atoms with Crippen LogP contribution >= 0.6 is 0 Å². The number of benzene rings is 1. The minimum atomic E-state index is -0.0607. The van der Waals surface area contributed by atoms with Crippen molar-refractivity contribution >= 4 is 5.91 Å². The summed E-state index contributed by atoms with van der Waals surface area (Å²) in [5, 5.41) is 0. The summed E-state index contributed by atoms with van der Waals surface area (Å²) in [6, 6.07) is 10.0. The number of rotatable bonds is 4. The number of amides is 1. The molecule has 1 atom stereocenters. The van der Waals surface area contributed by atoms with Crippen LogP contribution in [0, 0.1) is 6.92 Å². The summed E-state index contributed by atoms with van der Waals surface area (Å²) in [6.45, 7) is 4.41. The number of carbonyl (C=O) groups is 1. The topological polar surface area (TPSA) is 59.2 Å². The Labute approximate surface area is 125 Å². The summed E-state index contributed by atoms with van der Waals surface area (Å²) in [4.78, 5) is 18.3. The molecule has 0 aliphatic rings. The second-order valence-electron chi connectivity index (χ2n) is 5.33. The molecule has 1 aromatic heterocycles. The average Bonchev–Trinajstić information content (AvgIpc) is 2.53. The van der Waals surface area contributed by atoms with Crippen molar-refractivity contribution in [3.63, 3.8) is 0 Å². The van der Waals surface area contributed by atoms with Gasteiger partial charge in [-0.2, -0.15) is 0 Å². The van der Waals surface area contributed by atoms with Gasteiger partial charge >= 0.3 is 0 Å². The molecule has 0 bridgehead atoms. The van der Waals surface area contributed by atoms with Crippen LogP contribution in [0.5, 0.6) is 0 Å². The first kappa shape index (κ1) is 15.2. The maximum absolute atomic E-state index is 12.4. The van der Waals surface area contributed by atoms with Crippen molar-refractivity contribution in [2.24, 2.45) is 5.73 Å². The third-order valence-electron chi connectivity index (χ3n) is 3.69. The maximum Gasteiger partial charge on any atom is 0.255 e. The molecule has 1 heterocycles. The molecule has 2 N–H and O–H groups in total. The molecule has 110 valence electrons. The highest BCUT2D eigenvalue weighted by Crippen LogP contribution is 2.20. The van der Waals surface area contributed by atoms with E-state index in [0.29, 0.717) is 12.1 Å². The molecule has 21 heavy (non-hydrogen) atoms. The first-order valence-electron chi connectivity index (χ1n) is 7.02. The molecule has 0 radical (unpaired) electrons. The number of nitrogens with two attached hydrogens (primary N) is 1. The van der Waals surface area contributed by atoms with E-state index in [-0.39, 0.29) is 11.9 Å². The molecule has 4 heteroatoms. The Bertz CT molecular complexity index is 622. The summed E-state index contributed by atoms with van der Waals surface area (Å²) >= 11 is 0. The number of aromatic nitrogens is 1. The number of nitrogens with zero attached hydrogens (tertiary/aromatic N) is 2. The minimum absolute atomic E-state index is 0.000492. The monoisotopic (exact) mass is 283 g/mol. The lowest BCUT2D eigenvalue weighted by molar-refractivity contribution is 0.0748. The Hall–Kier alpha value is -2.20. The first-order valence-corrected chi connectivity index (χ1v) is 7.02. The van der Waals surface area contributed by atoms with Crippen LogP contribution in [0.4, 0.5) is 0 Å². The zero-order valence-corrected chi connectivity index (χ0v) is 12.7. The molecule has 2 aromatic rings. The average molecular weight is 283 g/mol. The second kappa shape index (κ2) is 6.50. The van der Waals surface area contributed by atoms with Crippen molar-refractivity contribution in [2.45, 2.75) is 19.9 Å². The van der Waals surface area contributed by atoms with Gasteiger partial charge in [0.1, 0.15) is 0 Å². The van der Waals surface area contributed by atoms with Crippen molar-refractivity contribution in [2.75, 3.05) is 13.6 Å². The highest BCUT2D eigenvalue weighted by Gasteiger charge is 2.17. The van der Waals surface area contributed by atoms with Gasteiger partial charge in [0.2, 0.25) is 0 Å². The van der Waals surface area contributed by atoms with Gasteiger partial charge in [-0.15, -0.1) is 0 Å². The predicted octanol–water partition coefficient (Wildman–Crippen LogP) is 2.48. The van der Waals surface area contributed by atoms with Crippen LogP contribution < -0.4 is 5.73 Å². The predicted molar refractivity (Wildman–Crippen MR) is 85.0 cm³/mol. The van der Waals surface area contributed by atoms with Gasteiger partial charge in [0.15, 0.2) is 0 Å². The van der Waals surface area contributed by atoms with Crippen LogP contribution in [0.25, 0.3) is 11.1 Å². The molecule has 0 saturated carbocycles. The molecule has 1 aromatic carbocycles. The van der Waals surface area contributed by atoms with Crippen molar-refractivity contribution in [3.05, 3.63) is 53.9 Å². The van der Waals surface area contributed by atoms with E-state index in [1.807, 2.05) is 44.2 Å². The van der Waals surface area contributed by atoms with Crippen molar-refractivity contribution in [1.29, 1.82) is 0 Å². The van der Waals surface area contributed by atoms with Crippen molar-refractivity contribution in [1.82, 2.24) is 9.88 Å². The molecule has 0 aliphatic carbocycles. The van der Waals surface area contributed by atoms with Gasteiger partial charge < -0.3 is 10.6 Å². The van der Waals surface area contributed by atoms with Crippen LogP contribution in [0.1, 0.15) is 22.8 Å². The minimum Gasteiger partial charge on any atom is -0.338 e. The van der Waals surface area contributed by atoms with E-state index < -0.39 is 0 Å². The third-order valence-corrected chi connectivity index (χ3v) is 3.69. The molecule has 1 unspecified atom stereocenters. The van der Waals surface area contributed by atoms with Gasteiger partial charge in [-0.1, -0.05) is 29.8 Å². The lowest BCUT2D eigenvalue weighted by Gasteiger charge is -2.23. The van der Waals surface area contributed by atoms with E-state index in [2.05, 4.69) is 4.98 Å². The third kappa shape index (κ3) is 3.47. The fourth-order valence-electron chi connectivity index (χ4n) is 2.02. The smallest absolute Gasteiger partial charge is 0.255 e. The van der Waals surface area contributed by atoms with E-state index in [9.17, 15) is 4.79 Å². The first-order chi connectivity index (χ1) is 10.0. The number of hydrogen-bond donors (Lipinski definition) is 1. The lowest BCUT2D eigenvalue weighted by atomic mass is 10.0. The largest absolute Gasteiger partial charge is 0.338 e. The number of pyridine rings is 1. The van der Waals surface area contributed by atoms with Crippen molar-refractivity contribution in [3.8, 4) is 11.1 Å². The summed E-state index contributed by atoms with van der Waals surface area (Å²) in [6.07, 6.45) is 3.37. The van der Waals surface area contributed by atoms with Crippen LogP contribution in [-0.2, 0) is 0 Å². The fraction of sp³-hybridized carbons (Fsp3) is 0.294. The van der Waals surface area contributed by atoms with E-state index in [4.69, 9.17) is 5.73 Å². The fourth-order valence-corrected chi connectivity index (χ4v) is 2.02. The molecule has 4 nitrogen and oxygen atoms in total. The van der Waals surface area contributed by atoms with E-state index in [1.54, 1.807) is 24.3 Å². The number of hydrogen-bond acceptors (Lipinski definition) is 3. The van der Waals surface area contributed by atoms with E-state index in [0.717, 1.165) is 11.1 Å². The van der Waals surface area contributed by atoms with Gasteiger partial charge in [-0.05, 0) is 25.5 Å². The van der Waals surface area contributed by atoms with Crippen LogP contribution in [0.15, 0.2) is 42.7 Å². The Morgan fingerprint density at radius 3 is 2.52 bits per heavy atom. The molecule has 0 spiro atoms. The zero-order chi connectivity index (χ0) is 15.4. The Morgan fingerprint density at radius 1 is 1.24 bits per heavy atom.